The van der Waals surface area contributed by atoms with E-state index < -0.39 is 0 Å². The highest BCUT2D eigenvalue weighted by Gasteiger charge is 2.19. The molecule has 2 amide bonds. The van der Waals surface area contributed by atoms with Crippen molar-refractivity contribution in [1.29, 1.82) is 0 Å². The van der Waals surface area contributed by atoms with E-state index in [1.165, 1.54) is 4.90 Å². The van der Waals surface area contributed by atoms with Gasteiger partial charge in [-0.05, 0) is 30.7 Å². The van der Waals surface area contributed by atoms with E-state index in [-0.39, 0.29) is 23.2 Å². The molecule has 0 aromatic heterocycles. The van der Waals surface area contributed by atoms with Crippen LogP contribution in [0.2, 0.25) is 5.02 Å². The molecule has 0 heterocycles. The van der Waals surface area contributed by atoms with Crippen molar-refractivity contribution < 1.29 is 9.59 Å². The van der Waals surface area contributed by atoms with E-state index in [2.05, 4.69) is 21.2 Å². The second-order valence-corrected chi connectivity index (χ2v) is 5.67. The van der Waals surface area contributed by atoms with Crippen molar-refractivity contribution in [3.05, 3.63) is 29.3 Å². The Morgan fingerprint density at radius 1 is 1.37 bits per heavy atom. The smallest absolute Gasteiger partial charge is 0.243 e. The van der Waals surface area contributed by atoms with Crippen LogP contribution >= 0.6 is 27.5 Å². The first-order valence-corrected chi connectivity index (χ1v) is 7.18. The molecule has 104 valence electrons. The first-order valence-electron chi connectivity index (χ1n) is 5.88. The zero-order valence-corrected chi connectivity index (χ0v) is 13.2. The Bertz CT molecular complexity index is 450. The Morgan fingerprint density at radius 3 is 2.47 bits per heavy atom. The molecule has 1 N–H and O–H groups in total. The summed E-state index contributed by atoms with van der Waals surface area (Å²) < 4.78 is 0. The van der Waals surface area contributed by atoms with Crippen molar-refractivity contribution in [3.63, 3.8) is 0 Å². The molecular formula is C13H16BrClN2O2. The number of nitrogens with zero attached hydrogens (tertiary/aromatic N) is 1. The van der Waals surface area contributed by atoms with Crippen LogP contribution in [0.15, 0.2) is 24.3 Å². The quantitative estimate of drug-likeness (QED) is 0.833. The Hall–Kier alpha value is -1.07. The van der Waals surface area contributed by atoms with Crippen molar-refractivity contribution in [1.82, 2.24) is 4.90 Å². The summed E-state index contributed by atoms with van der Waals surface area (Å²) >= 11 is 9.02. The molecular weight excluding hydrogens is 332 g/mol. The maximum Gasteiger partial charge on any atom is 0.243 e. The molecule has 0 aliphatic carbocycles. The zero-order chi connectivity index (χ0) is 14.4. The predicted molar refractivity (Wildman–Crippen MR) is 80.7 cm³/mol. The van der Waals surface area contributed by atoms with Crippen LogP contribution in [0.3, 0.4) is 0 Å². The fourth-order valence-corrected chi connectivity index (χ4v) is 1.92. The SMILES string of the molecule is CCC(Br)C(=O)N(C)CC(=O)Nc1ccc(Cl)cc1. The molecule has 4 nitrogen and oxygen atoms in total. The molecule has 1 aromatic carbocycles. The Kier molecular flexibility index (Phi) is 6.31. The summed E-state index contributed by atoms with van der Waals surface area (Å²) in [4.78, 5) is 24.7. The van der Waals surface area contributed by atoms with E-state index in [1.54, 1.807) is 31.3 Å². The van der Waals surface area contributed by atoms with Gasteiger partial charge in [0, 0.05) is 17.8 Å². The van der Waals surface area contributed by atoms with Gasteiger partial charge in [-0.3, -0.25) is 9.59 Å². The fraction of sp³-hybridized carbons (Fsp3) is 0.385. The van der Waals surface area contributed by atoms with Gasteiger partial charge in [-0.2, -0.15) is 0 Å². The summed E-state index contributed by atoms with van der Waals surface area (Å²) in [6.45, 7) is 1.92. The van der Waals surface area contributed by atoms with E-state index in [0.717, 1.165) is 0 Å². The lowest BCUT2D eigenvalue weighted by atomic mass is 10.3. The summed E-state index contributed by atoms with van der Waals surface area (Å²) in [6, 6.07) is 6.80. The zero-order valence-electron chi connectivity index (χ0n) is 10.8. The number of hydrogen-bond acceptors (Lipinski definition) is 2. The topological polar surface area (TPSA) is 49.4 Å². The van der Waals surface area contributed by atoms with Gasteiger partial charge in [0.2, 0.25) is 11.8 Å². The summed E-state index contributed by atoms with van der Waals surface area (Å²) in [5.41, 5.74) is 0.654. The summed E-state index contributed by atoms with van der Waals surface area (Å²) in [5, 5.41) is 3.31. The van der Waals surface area contributed by atoms with Crippen LogP contribution in [0.25, 0.3) is 0 Å². The molecule has 0 saturated heterocycles. The van der Waals surface area contributed by atoms with Crippen molar-refractivity contribution in [2.75, 3.05) is 18.9 Å². The van der Waals surface area contributed by atoms with Crippen LogP contribution in [0.4, 0.5) is 5.69 Å². The molecule has 1 unspecified atom stereocenters. The van der Waals surface area contributed by atoms with Gasteiger partial charge in [0.05, 0.1) is 11.4 Å². The fourth-order valence-electron chi connectivity index (χ4n) is 1.44. The lowest BCUT2D eigenvalue weighted by Gasteiger charge is -2.19. The minimum absolute atomic E-state index is 0.0174. The highest BCUT2D eigenvalue weighted by atomic mass is 79.9. The molecule has 1 aromatic rings. The molecule has 0 saturated carbocycles. The number of benzene rings is 1. The number of hydrogen-bond donors (Lipinski definition) is 1. The molecule has 0 aliphatic rings. The highest BCUT2D eigenvalue weighted by molar-refractivity contribution is 9.10. The number of rotatable bonds is 5. The third-order valence-corrected chi connectivity index (χ3v) is 3.80. The second kappa shape index (κ2) is 7.50. The lowest BCUT2D eigenvalue weighted by Crippen LogP contribution is -2.38. The Balaban J connectivity index is 2.51. The van der Waals surface area contributed by atoms with E-state index >= 15 is 0 Å². The van der Waals surface area contributed by atoms with Gasteiger partial charge in [-0.1, -0.05) is 34.5 Å². The van der Waals surface area contributed by atoms with Crippen molar-refractivity contribution in [3.8, 4) is 0 Å². The molecule has 1 rings (SSSR count). The van der Waals surface area contributed by atoms with Crippen LogP contribution in [-0.4, -0.2) is 35.1 Å². The van der Waals surface area contributed by atoms with Gasteiger partial charge >= 0.3 is 0 Å². The number of carbonyl (C=O) groups excluding carboxylic acids is 2. The van der Waals surface area contributed by atoms with Crippen molar-refractivity contribution >= 4 is 45.0 Å². The summed E-state index contributed by atoms with van der Waals surface area (Å²) in [7, 11) is 1.60. The van der Waals surface area contributed by atoms with Gasteiger partial charge in [-0.15, -0.1) is 0 Å². The van der Waals surface area contributed by atoms with E-state index in [4.69, 9.17) is 11.6 Å². The van der Waals surface area contributed by atoms with Crippen LogP contribution in [0.5, 0.6) is 0 Å². The second-order valence-electron chi connectivity index (χ2n) is 4.13. The highest BCUT2D eigenvalue weighted by Crippen LogP contribution is 2.13. The predicted octanol–water partition coefficient (Wildman–Crippen LogP) is 2.91. The Labute approximate surface area is 126 Å². The number of anilines is 1. The Morgan fingerprint density at radius 2 is 1.95 bits per heavy atom. The normalized spacial score (nSPS) is 11.8. The molecule has 0 fully saturated rings. The van der Waals surface area contributed by atoms with Gasteiger partial charge in [0.15, 0.2) is 0 Å². The largest absolute Gasteiger partial charge is 0.335 e. The lowest BCUT2D eigenvalue weighted by molar-refractivity contribution is -0.132. The summed E-state index contributed by atoms with van der Waals surface area (Å²) in [5.74, 6) is -0.345. The number of carbonyl (C=O) groups is 2. The van der Waals surface area contributed by atoms with Crippen LogP contribution in [0, 0.1) is 0 Å². The first kappa shape index (κ1) is 16.0. The molecule has 0 aliphatic heterocycles. The van der Waals surface area contributed by atoms with Crippen LogP contribution < -0.4 is 5.32 Å². The molecule has 0 radical (unpaired) electrons. The van der Waals surface area contributed by atoms with Gasteiger partial charge < -0.3 is 10.2 Å². The number of likely N-dealkylation sites (N-methyl/N-ethyl adjacent to an activating group) is 1. The third kappa shape index (κ3) is 5.20. The summed E-state index contributed by atoms with van der Waals surface area (Å²) in [6.07, 6.45) is 0.683. The molecule has 6 heteroatoms. The number of alkyl halides is 1. The standard InChI is InChI=1S/C13H16BrClN2O2/c1-3-11(14)13(19)17(2)8-12(18)16-10-6-4-9(15)5-7-10/h4-7,11H,3,8H2,1-2H3,(H,16,18). The van der Waals surface area contributed by atoms with Crippen molar-refractivity contribution in [2.45, 2.75) is 18.2 Å². The third-order valence-electron chi connectivity index (χ3n) is 2.51. The van der Waals surface area contributed by atoms with E-state index in [1.807, 2.05) is 6.92 Å². The molecule has 0 spiro atoms. The number of halogens is 2. The van der Waals surface area contributed by atoms with Crippen molar-refractivity contribution in [2.24, 2.45) is 0 Å². The maximum absolute atomic E-state index is 11.8. The average Bonchev–Trinajstić information content (AvgIpc) is 2.39. The van der Waals surface area contributed by atoms with Gasteiger partial charge in [0.1, 0.15) is 0 Å². The number of amides is 2. The van der Waals surface area contributed by atoms with E-state index in [9.17, 15) is 9.59 Å². The molecule has 1 atom stereocenters. The minimum Gasteiger partial charge on any atom is -0.335 e. The van der Waals surface area contributed by atoms with Gasteiger partial charge in [0.25, 0.3) is 0 Å². The van der Waals surface area contributed by atoms with E-state index in [0.29, 0.717) is 17.1 Å². The van der Waals surface area contributed by atoms with Crippen LogP contribution in [-0.2, 0) is 9.59 Å². The maximum atomic E-state index is 11.8. The monoisotopic (exact) mass is 346 g/mol. The minimum atomic E-state index is -0.249. The molecule has 19 heavy (non-hydrogen) atoms. The average molecular weight is 348 g/mol. The molecule has 0 bridgehead atoms. The van der Waals surface area contributed by atoms with Crippen LogP contribution in [0.1, 0.15) is 13.3 Å². The first-order chi connectivity index (χ1) is 8.93. The van der Waals surface area contributed by atoms with Gasteiger partial charge in [-0.25, -0.2) is 0 Å². The number of nitrogens with one attached hydrogen (secondary N) is 1.